The Morgan fingerprint density at radius 2 is 2.05 bits per heavy atom. The van der Waals surface area contributed by atoms with Crippen molar-refractivity contribution in [1.29, 1.82) is 0 Å². The van der Waals surface area contributed by atoms with Crippen molar-refractivity contribution < 1.29 is 24.2 Å². The third kappa shape index (κ3) is 3.87. The fourth-order valence-corrected chi connectivity index (χ4v) is 1.52. The molecule has 1 aromatic carbocycles. The molecule has 19 heavy (non-hydrogen) atoms. The van der Waals surface area contributed by atoms with Gasteiger partial charge in [0.2, 0.25) is 0 Å². The highest BCUT2D eigenvalue weighted by atomic mass is 16.5. The Morgan fingerprint density at radius 1 is 1.37 bits per heavy atom. The fraction of sp³-hybridized carbons (Fsp3) is 0.385. The van der Waals surface area contributed by atoms with Crippen molar-refractivity contribution >= 4 is 11.9 Å². The third-order valence-corrected chi connectivity index (χ3v) is 2.44. The van der Waals surface area contributed by atoms with Crippen LogP contribution in [-0.4, -0.2) is 49.2 Å². The summed E-state index contributed by atoms with van der Waals surface area (Å²) < 4.78 is 9.64. The summed E-state index contributed by atoms with van der Waals surface area (Å²) in [5.41, 5.74) is 0.269. The molecule has 0 aliphatic heterocycles. The molecule has 0 bridgehead atoms. The van der Waals surface area contributed by atoms with Gasteiger partial charge in [0.1, 0.15) is 6.54 Å². The Balaban J connectivity index is 2.77. The number of methoxy groups -OCH3 is 1. The molecule has 0 spiro atoms. The number of phenols is 1. The predicted molar refractivity (Wildman–Crippen MR) is 68.3 cm³/mol. The van der Waals surface area contributed by atoms with E-state index in [1.165, 1.54) is 37.3 Å². The quantitative estimate of drug-likeness (QED) is 0.806. The van der Waals surface area contributed by atoms with Gasteiger partial charge in [-0.05, 0) is 25.1 Å². The van der Waals surface area contributed by atoms with E-state index in [-0.39, 0.29) is 36.1 Å². The topological polar surface area (TPSA) is 76.1 Å². The highest BCUT2D eigenvalue weighted by Crippen LogP contribution is 2.26. The number of nitrogens with zero attached hydrogens (tertiary/aromatic N) is 1. The highest BCUT2D eigenvalue weighted by molar-refractivity contribution is 5.96. The molecule has 0 unspecified atom stereocenters. The molecule has 0 saturated carbocycles. The van der Waals surface area contributed by atoms with E-state index in [9.17, 15) is 14.7 Å². The Kier molecular flexibility index (Phi) is 5.17. The van der Waals surface area contributed by atoms with Crippen molar-refractivity contribution in [3.63, 3.8) is 0 Å². The van der Waals surface area contributed by atoms with Crippen LogP contribution in [0.25, 0.3) is 0 Å². The zero-order chi connectivity index (χ0) is 14.4. The third-order valence-electron chi connectivity index (χ3n) is 2.44. The number of amides is 1. The Bertz CT molecular complexity index is 472. The lowest BCUT2D eigenvalue weighted by atomic mass is 10.2. The van der Waals surface area contributed by atoms with Crippen LogP contribution in [0.4, 0.5) is 0 Å². The van der Waals surface area contributed by atoms with Gasteiger partial charge >= 0.3 is 5.97 Å². The minimum Gasteiger partial charge on any atom is -0.504 e. The van der Waals surface area contributed by atoms with Crippen molar-refractivity contribution in [3.8, 4) is 11.5 Å². The summed E-state index contributed by atoms with van der Waals surface area (Å²) in [6.07, 6.45) is 0. The van der Waals surface area contributed by atoms with Gasteiger partial charge in [-0.1, -0.05) is 0 Å². The molecule has 0 saturated heterocycles. The molecular formula is C13H17NO5. The number of carbonyl (C=O) groups excluding carboxylic acids is 2. The Labute approximate surface area is 111 Å². The summed E-state index contributed by atoms with van der Waals surface area (Å²) in [7, 11) is 2.91. The molecule has 0 heterocycles. The minimum absolute atomic E-state index is 0.127. The maximum Gasteiger partial charge on any atom is 0.325 e. The summed E-state index contributed by atoms with van der Waals surface area (Å²) >= 11 is 0. The van der Waals surface area contributed by atoms with Crippen LogP contribution in [0, 0.1) is 0 Å². The van der Waals surface area contributed by atoms with Gasteiger partial charge in [-0.2, -0.15) is 0 Å². The first-order valence-electron chi connectivity index (χ1n) is 5.77. The van der Waals surface area contributed by atoms with Crippen molar-refractivity contribution in [2.75, 3.05) is 27.3 Å². The highest BCUT2D eigenvalue weighted by Gasteiger charge is 2.16. The second kappa shape index (κ2) is 6.63. The van der Waals surface area contributed by atoms with E-state index >= 15 is 0 Å². The molecular weight excluding hydrogens is 250 g/mol. The molecule has 0 aliphatic carbocycles. The van der Waals surface area contributed by atoms with E-state index in [0.717, 1.165) is 0 Å². The zero-order valence-corrected chi connectivity index (χ0v) is 11.2. The second-order valence-electron chi connectivity index (χ2n) is 3.85. The first-order chi connectivity index (χ1) is 8.99. The molecule has 6 nitrogen and oxygen atoms in total. The van der Waals surface area contributed by atoms with Gasteiger partial charge in [-0.3, -0.25) is 9.59 Å². The van der Waals surface area contributed by atoms with E-state index in [2.05, 4.69) is 0 Å². The molecule has 1 aromatic rings. The largest absolute Gasteiger partial charge is 0.504 e. The molecule has 1 N–H and O–H groups in total. The maximum atomic E-state index is 12.0. The predicted octanol–water partition coefficient (Wildman–Crippen LogP) is 1.04. The van der Waals surface area contributed by atoms with Gasteiger partial charge in [0.15, 0.2) is 11.5 Å². The standard InChI is InChI=1S/C13H17NO5/c1-4-19-12(16)8-14(2)13(17)9-5-6-11(18-3)10(15)7-9/h5-7,15H,4,8H2,1-3H3. The van der Waals surface area contributed by atoms with Crippen LogP contribution in [-0.2, 0) is 9.53 Å². The number of rotatable bonds is 5. The molecule has 0 aliphatic rings. The lowest BCUT2D eigenvalue weighted by molar-refractivity contribution is -0.143. The molecule has 0 fully saturated rings. The smallest absolute Gasteiger partial charge is 0.325 e. The molecule has 1 rings (SSSR count). The number of aromatic hydroxyl groups is 1. The number of carbonyl (C=O) groups is 2. The van der Waals surface area contributed by atoms with Crippen molar-refractivity contribution in [1.82, 2.24) is 4.90 Å². The van der Waals surface area contributed by atoms with Gasteiger partial charge < -0.3 is 19.5 Å². The molecule has 6 heteroatoms. The first kappa shape index (κ1) is 14.8. The summed E-state index contributed by atoms with van der Waals surface area (Å²) in [4.78, 5) is 24.5. The lowest BCUT2D eigenvalue weighted by Gasteiger charge is -2.16. The summed E-state index contributed by atoms with van der Waals surface area (Å²) in [5.74, 6) is -0.704. The zero-order valence-electron chi connectivity index (χ0n) is 11.2. The monoisotopic (exact) mass is 267 g/mol. The SMILES string of the molecule is CCOC(=O)CN(C)C(=O)c1ccc(OC)c(O)c1. The van der Waals surface area contributed by atoms with Crippen molar-refractivity contribution in [2.24, 2.45) is 0 Å². The van der Waals surface area contributed by atoms with E-state index in [1.54, 1.807) is 6.92 Å². The Hall–Kier alpha value is -2.24. The minimum atomic E-state index is -0.476. The average molecular weight is 267 g/mol. The number of hydrogen-bond acceptors (Lipinski definition) is 5. The van der Waals surface area contributed by atoms with E-state index < -0.39 is 5.97 Å². The summed E-state index contributed by atoms with van der Waals surface area (Å²) in [6, 6.07) is 4.30. The first-order valence-corrected chi connectivity index (χ1v) is 5.77. The van der Waals surface area contributed by atoms with Crippen LogP contribution in [0.15, 0.2) is 18.2 Å². The summed E-state index contributed by atoms with van der Waals surface area (Å²) in [5, 5.41) is 9.60. The maximum absolute atomic E-state index is 12.0. The lowest BCUT2D eigenvalue weighted by Crippen LogP contribution is -2.33. The molecule has 0 atom stereocenters. The van der Waals surface area contributed by atoms with E-state index in [0.29, 0.717) is 0 Å². The van der Waals surface area contributed by atoms with Crippen LogP contribution in [0.5, 0.6) is 11.5 Å². The fourth-order valence-electron chi connectivity index (χ4n) is 1.52. The van der Waals surface area contributed by atoms with Crippen LogP contribution >= 0.6 is 0 Å². The molecule has 104 valence electrons. The van der Waals surface area contributed by atoms with Crippen molar-refractivity contribution in [3.05, 3.63) is 23.8 Å². The average Bonchev–Trinajstić information content (AvgIpc) is 2.37. The van der Waals surface area contributed by atoms with Crippen LogP contribution in [0.2, 0.25) is 0 Å². The number of ether oxygens (including phenoxy) is 2. The van der Waals surface area contributed by atoms with Gasteiger partial charge in [-0.25, -0.2) is 0 Å². The number of likely N-dealkylation sites (N-methyl/N-ethyl adjacent to an activating group) is 1. The van der Waals surface area contributed by atoms with Gasteiger partial charge in [0.05, 0.1) is 13.7 Å². The Morgan fingerprint density at radius 3 is 2.58 bits per heavy atom. The van der Waals surface area contributed by atoms with Gasteiger partial charge in [0.25, 0.3) is 5.91 Å². The number of hydrogen-bond donors (Lipinski definition) is 1. The normalized spacial score (nSPS) is 9.84. The number of benzene rings is 1. The van der Waals surface area contributed by atoms with Gasteiger partial charge in [0, 0.05) is 12.6 Å². The van der Waals surface area contributed by atoms with Crippen LogP contribution in [0.1, 0.15) is 17.3 Å². The van der Waals surface area contributed by atoms with E-state index in [4.69, 9.17) is 9.47 Å². The number of esters is 1. The summed E-state index contributed by atoms with van der Waals surface area (Å²) in [6.45, 7) is 1.82. The van der Waals surface area contributed by atoms with Gasteiger partial charge in [-0.15, -0.1) is 0 Å². The van der Waals surface area contributed by atoms with Crippen LogP contribution in [0.3, 0.4) is 0 Å². The second-order valence-corrected chi connectivity index (χ2v) is 3.85. The molecule has 1 amide bonds. The molecule has 0 aromatic heterocycles. The van der Waals surface area contributed by atoms with E-state index in [1.807, 2.05) is 0 Å². The van der Waals surface area contributed by atoms with Crippen LogP contribution < -0.4 is 4.74 Å². The molecule has 0 radical (unpaired) electrons. The number of phenolic OH excluding ortho intramolecular Hbond substituents is 1. The van der Waals surface area contributed by atoms with Crippen molar-refractivity contribution in [2.45, 2.75) is 6.92 Å².